The van der Waals surface area contributed by atoms with Crippen LogP contribution in [-0.2, 0) is 0 Å². The quantitative estimate of drug-likeness (QED) is 0.497. The Labute approximate surface area is 162 Å². The highest BCUT2D eigenvalue weighted by Crippen LogP contribution is 2.44. The molecule has 0 saturated carbocycles. The second-order valence-corrected chi connectivity index (χ2v) is 6.45. The van der Waals surface area contributed by atoms with E-state index >= 15 is 0 Å². The van der Waals surface area contributed by atoms with E-state index in [-0.39, 0.29) is 0 Å². The van der Waals surface area contributed by atoms with Gasteiger partial charge in [-0.2, -0.15) is 5.10 Å². The number of benzene rings is 2. The molecule has 136 valence electrons. The van der Waals surface area contributed by atoms with Crippen molar-refractivity contribution in [1.82, 2.24) is 14.8 Å². The van der Waals surface area contributed by atoms with Gasteiger partial charge in [-0.1, -0.05) is 29.8 Å². The second kappa shape index (κ2) is 6.93. The summed E-state index contributed by atoms with van der Waals surface area (Å²) in [6.45, 7) is 1.89. The predicted octanol–water partition coefficient (Wildman–Crippen LogP) is 5.07. The first-order valence-electron chi connectivity index (χ1n) is 8.45. The van der Waals surface area contributed by atoms with E-state index in [4.69, 9.17) is 26.2 Å². The van der Waals surface area contributed by atoms with Crippen molar-refractivity contribution in [2.75, 3.05) is 14.2 Å². The number of hydrogen-bond acceptors (Lipinski definition) is 4. The van der Waals surface area contributed by atoms with E-state index in [1.54, 1.807) is 20.4 Å². The van der Waals surface area contributed by atoms with Crippen LogP contribution >= 0.6 is 11.6 Å². The number of hydrogen-bond donors (Lipinski definition) is 0. The minimum Gasteiger partial charge on any atom is -0.496 e. The van der Waals surface area contributed by atoms with Crippen molar-refractivity contribution in [3.63, 3.8) is 0 Å². The van der Waals surface area contributed by atoms with Gasteiger partial charge in [-0.05, 0) is 31.2 Å². The lowest BCUT2D eigenvalue weighted by molar-refractivity contribution is 0.397. The third kappa shape index (κ3) is 2.80. The summed E-state index contributed by atoms with van der Waals surface area (Å²) in [5.74, 6) is 1.33. The molecule has 0 fully saturated rings. The highest BCUT2D eigenvalue weighted by atomic mass is 35.5. The third-order valence-corrected chi connectivity index (χ3v) is 4.99. The van der Waals surface area contributed by atoms with Crippen molar-refractivity contribution in [2.45, 2.75) is 6.92 Å². The van der Waals surface area contributed by atoms with E-state index in [1.165, 1.54) is 0 Å². The molecule has 0 amide bonds. The second-order valence-electron chi connectivity index (χ2n) is 6.07. The molecule has 27 heavy (non-hydrogen) atoms. The maximum atomic E-state index is 6.70. The lowest BCUT2D eigenvalue weighted by atomic mass is 10.1. The van der Waals surface area contributed by atoms with Crippen molar-refractivity contribution in [2.24, 2.45) is 0 Å². The Hall–Kier alpha value is -3.05. The van der Waals surface area contributed by atoms with E-state index in [2.05, 4.69) is 4.98 Å². The minimum absolute atomic E-state index is 0.559. The molecule has 2 aromatic carbocycles. The zero-order valence-corrected chi connectivity index (χ0v) is 16.0. The summed E-state index contributed by atoms with van der Waals surface area (Å²) < 4.78 is 13.0. The van der Waals surface area contributed by atoms with Crippen molar-refractivity contribution >= 4 is 22.4 Å². The Kier molecular flexibility index (Phi) is 4.46. The molecule has 0 atom stereocenters. The average Bonchev–Trinajstić information content (AvgIpc) is 3.01. The van der Waals surface area contributed by atoms with Crippen LogP contribution in [-0.4, -0.2) is 29.0 Å². The van der Waals surface area contributed by atoms with E-state index < -0.39 is 0 Å². The molecule has 0 unspecified atom stereocenters. The first-order valence-corrected chi connectivity index (χ1v) is 8.83. The summed E-state index contributed by atoms with van der Waals surface area (Å²) >= 11 is 6.70. The van der Waals surface area contributed by atoms with Gasteiger partial charge in [0.05, 0.1) is 36.2 Å². The summed E-state index contributed by atoms with van der Waals surface area (Å²) in [6.07, 6.45) is 3.60. The van der Waals surface area contributed by atoms with Gasteiger partial charge in [0.2, 0.25) is 0 Å². The molecule has 6 heteroatoms. The van der Waals surface area contributed by atoms with Gasteiger partial charge in [0.1, 0.15) is 17.2 Å². The molecule has 4 aromatic rings. The van der Waals surface area contributed by atoms with Gasteiger partial charge in [-0.25, -0.2) is 4.68 Å². The summed E-state index contributed by atoms with van der Waals surface area (Å²) in [7, 11) is 3.26. The van der Waals surface area contributed by atoms with Crippen LogP contribution in [0.25, 0.3) is 27.7 Å². The maximum Gasteiger partial charge on any atom is 0.132 e. The topological polar surface area (TPSA) is 49.2 Å². The normalized spacial score (nSPS) is 11.0. The number of fused-ring (bicyclic) bond motifs is 1. The Morgan fingerprint density at radius 2 is 1.67 bits per heavy atom. The van der Waals surface area contributed by atoms with Crippen molar-refractivity contribution in [1.29, 1.82) is 0 Å². The zero-order chi connectivity index (χ0) is 19.0. The molecule has 0 bridgehead atoms. The summed E-state index contributed by atoms with van der Waals surface area (Å²) in [5.41, 5.74) is 3.13. The molecule has 4 rings (SSSR count). The molecular weight excluding hydrogens is 362 g/mol. The number of aryl methyl sites for hydroxylation is 1. The van der Waals surface area contributed by atoms with Crippen molar-refractivity contribution < 1.29 is 9.47 Å². The van der Waals surface area contributed by atoms with Gasteiger partial charge in [-0.15, -0.1) is 0 Å². The molecule has 2 aromatic heterocycles. The summed E-state index contributed by atoms with van der Waals surface area (Å²) in [4.78, 5) is 4.21. The number of nitrogens with zero attached hydrogens (tertiary/aromatic N) is 3. The highest BCUT2D eigenvalue weighted by Gasteiger charge is 2.24. The highest BCUT2D eigenvalue weighted by molar-refractivity contribution is 6.34. The largest absolute Gasteiger partial charge is 0.496 e. The lowest BCUT2D eigenvalue weighted by Gasteiger charge is -2.16. The number of rotatable bonds is 4. The molecule has 2 heterocycles. The standard InChI is InChI=1S/C21H18ClN3O2/c1-13-20(22)21(19-17(26-2)8-5-9-18(19)27-3)25(24-13)16-7-4-6-14-12-23-11-10-15(14)16/h4-12H,1-3H3. The van der Waals surface area contributed by atoms with E-state index in [1.807, 2.05) is 60.3 Å². The Morgan fingerprint density at radius 3 is 2.37 bits per heavy atom. The number of halogens is 1. The smallest absolute Gasteiger partial charge is 0.132 e. The molecule has 0 saturated heterocycles. The fourth-order valence-electron chi connectivity index (χ4n) is 3.27. The zero-order valence-electron chi connectivity index (χ0n) is 15.2. The average molecular weight is 380 g/mol. The van der Waals surface area contributed by atoms with Gasteiger partial charge in [0.15, 0.2) is 0 Å². The number of methoxy groups -OCH3 is 2. The van der Waals surface area contributed by atoms with Gasteiger partial charge >= 0.3 is 0 Å². The SMILES string of the molecule is COc1cccc(OC)c1-c1c(Cl)c(C)nn1-c1cccc2cnccc12. The van der Waals surface area contributed by atoms with Gasteiger partial charge in [0.25, 0.3) is 0 Å². The van der Waals surface area contributed by atoms with Gasteiger partial charge in [-0.3, -0.25) is 4.98 Å². The molecule has 5 nitrogen and oxygen atoms in total. The van der Waals surface area contributed by atoms with Crippen LogP contribution in [0, 0.1) is 6.92 Å². The van der Waals surface area contributed by atoms with Crippen molar-refractivity contribution in [3.05, 3.63) is 65.6 Å². The third-order valence-electron chi connectivity index (χ3n) is 4.54. The molecular formula is C21H18ClN3O2. The van der Waals surface area contributed by atoms with Crippen molar-refractivity contribution in [3.8, 4) is 28.4 Å². The summed E-state index contributed by atoms with van der Waals surface area (Å²) in [5, 5.41) is 7.32. The predicted molar refractivity (Wildman–Crippen MR) is 107 cm³/mol. The molecule has 0 aliphatic heterocycles. The van der Waals surface area contributed by atoms with E-state index in [0.717, 1.165) is 33.4 Å². The van der Waals surface area contributed by atoms with Crippen LogP contribution in [0.4, 0.5) is 0 Å². The molecule has 0 N–H and O–H groups in total. The number of ether oxygens (including phenoxy) is 2. The lowest BCUT2D eigenvalue weighted by Crippen LogP contribution is -2.03. The van der Waals surface area contributed by atoms with E-state index in [0.29, 0.717) is 16.5 Å². The minimum atomic E-state index is 0.559. The molecule has 0 aliphatic rings. The van der Waals surface area contributed by atoms with Gasteiger partial charge in [0, 0.05) is 23.2 Å². The maximum absolute atomic E-state index is 6.70. The van der Waals surface area contributed by atoms with Crippen LogP contribution in [0.15, 0.2) is 54.9 Å². The summed E-state index contributed by atoms with van der Waals surface area (Å²) in [6, 6.07) is 13.6. The molecule has 0 radical (unpaired) electrons. The van der Waals surface area contributed by atoms with Crippen LogP contribution in [0.1, 0.15) is 5.69 Å². The van der Waals surface area contributed by atoms with Crippen LogP contribution < -0.4 is 9.47 Å². The van der Waals surface area contributed by atoms with Crippen LogP contribution in [0.2, 0.25) is 5.02 Å². The first kappa shape index (κ1) is 17.4. The number of pyridine rings is 1. The van der Waals surface area contributed by atoms with E-state index in [9.17, 15) is 0 Å². The number of aromatic nitrogens is 3. The first-order chi connectivity index (χ1) is 13.2. The Morgan fingerprint density at radius 1 is 0.963 bits per heavy atom. The fraction of sp³-hybridized carbons (Fsp3) is 0.143. The Balaban J connectivity index is 2.09. The fourth-order valence-corrected chi connectivity index (χ4v) is 3.49. The molecule has 0 aliphatic carbocycles. The van der Waals surface area contributed by atoms with Crippen LogP contribution in [0.3, 0.4) is 0 Å². The van der Waals surface area contributed by atoms with Gasteiger partial charge < -0.3 is 9.47 Å². The van der Waals surface area contributed by atoms with Crippen LogP contribution in [0.5, 0.6) is 11.5 Å². The monoisotopic (exact) mass is 379 g/mol. The molecule has 0 spiro atoms. The Bertz CT molecular complexity index is 1110.